The Kier molecular flexibility index (Phi) is 6.64. The number of hydrogen-bond donors (Lipinski definition) is 1. The van der Waals surface area contributed by atoms with Gasteiger partial charge in [-0.1, -0.05) is 34.1 Å². The minimum atomic E-state index is -0.487. The molecule has 0 saturated carbocycles. The molecule has 1 aliphatic rings. The molecule has 1 aromatic carbocycles. The second-order valence-corrected chi connectivity index (χ2v) is 7.96. The number of nitrogens with one attached hydrogen (secondary N) is 1. The zero-order chi connectivity index (χ0) is 18.4. The van der Waals surface area contributed by atoms with E-state index in [1.165, 1.54) is 0 Å². The highest BCUT2D eigenvalue weighted by Gasteiger charge is 2.27. The number of benzene rings is 1. The molecular weight excluding hydrogens is 384 g/mol. The fourth-order valence-electron chi connectivity index (χ4n) is 2.56. The summed E-state index contributed by atoms with van der Waals surface area (Å²) < 4.78 is 6.33. The maximum Gasteiger partial charge on any atom is 0.410 e. The normalized spacial score (nSPS) is 16.1. The Labute approximate surface area is 157 Å². The predicted octanol–water partition coefficient (Wildman–Crippen LogP) is 3.98. The summed E-state index contributed by atoms with van der Waals surface area (Å²) >= 11 is 3.45. The lowest BCUT2D eigenvalue weighted by Crippen LogP contribution is -2.47. The first-order valence-corrected chi connectivity index (χ1v) is 9.25. The number of hydrogen-bond acceptors (Lipinski definition) is 3. The van der Waals surface area contributed by atoms with Crippen LogP contribution in [-0.2, 0) is 9.53 Å². The van der Waals surface area contributed by atoms with Crippen LogP contribution in [0.1, 0.15) is 39.2 Å². The third-order valence-electron chi connectivity index (χ3n) is 3.81. The summed E-state index contributed by atoms with van der Waals surface area (Å²) in [6, 6.07) is 7.81. The van der Waals surface area contributed by atoms with Crippen molar-refractivity contribution in [3.63, 3.8) is 0 Å². The van der Waals surface area contributed by atoms with E-state index >= 15 is 0 Å². The molecule has 6 heteroatoms. The van der Waals surface area contributed by atoms with Gasteiger partial charge in [0.2, 0.25) is 5.91 Å². The Hall–Kier alpha value is -1.82. The lowest BCUT2D eigenvalue weighted by Gasteiger charge is -2.33. The van der Waals surface area contributed by atoms with E-state index in [4.69, 9.17) is 4.74 Å². The van der Waals surface area contributed by atoms with Crippen LogP contribution in [0.15, 0.2) is 34.8 Å². The van der Waals surface area contributed by atoms with E-state index in [9.17, 15) is 9.59 Å². The van der Waals surface area contributed by atoms with E-state index in [-0.39, 0.29) is 18.0 Å². The van der Waals surface area contributed by atoms with Gasteiger partial charge >= 0.3 is 6.09 Å². The van der Waals surface area contributed by atoms with Gasteiger partial charge in [0.1, 0.15) is 5.60 Å². The van der Waals surface area contributed by atoms with Crippen molar-refractivity contribution >= 4 is 34.0 Å². The largest absolute Gasteiger partial charge is 0.444 e. The second-order valence-electron chi connectivity index (χ2n) is 7.11. The molecule has 0 unspecified atom stereocenters. The SMILES string of the molecule is CC(C)(C)OC(=O)N1CCC(NC(=O)/C=C/c2ccccc2Br)CC1. The van der Waals surface area contributed by atoms with Crippen LogP contribution in [0.2, 0.25) is 0 Å². The van der Waals surface area contributed by atoms with Gasteiger partial charge in [0.15, 0.2) is 0 Å². The maximum absolute atomic E-state index is 12.1. The van der Waals surface area contributed by atoms with Crippen LogP contribution in [0.5, 0.6) is 0 Å². The quantitative estimate of drug-likeness (QED) is 0.769. The molecule has 25 heavy (non-hydrogen) atoms. The van der Waals surface area contributed by atoms with Gasteiger partial charge in [-0.25, -0.2) is 4.79 Å². The summed E-state index contributed by atoms with van der Waals surface area (Å²) in [6.07, 6.45) is 4.50. The van der Waals surface area contributed by atoms with Gasteiger partial charge in [-0.3, -0.25) is 4.79 Å². The van der Waals surface area contributed by atoms with Gasteiger partial charge in [0.05, 0.1) is 0 Å². The first-order valence-electron chi connectivity index (χ1n) is 8.45. The lowest BCUT2D eigenvalue weighted by atomic mass is 10.1. The van der Waals surface area contributed by atoms with E-state index in [2.05, 4.69) is 21.2 Å². The average Bonchev–Trinajstić information content (AvgIpc) is 2.53. The molecule has 0 atom stereocenters. The van der Waals surface area contributed by atoms with Crippen LogP contribution in [0.4, 0.5) is 4.79 Å². The monoisotopic (exact) mass is 408 g/mol. The first kappa shape index (κ1) is 19.5. The van der Waals surface area contributed by atoms with E-state index < -0.39 is 5.60 Å². The van der Waals surface area contributed by atoms with Crippen molar-refractivity contribution in [2.45, 2.75) is 45.3 Å². The molecule has 1 saturated heterocycles. The third kappa shape index (κ3) is 6.53. The summed E-state index contributed by atoms with van der Waals surface area (Å²) in [7, 11) is 0. The highest BCUT2D eigenvalue weighted by atomic mass is 79.9. The molecule has 0 radical (unpaired) electrons. The van der Waals surface area contributed by atoms with E-state index in [1.54, 1.807) is 17.1 Å². The number of halogens is 1. The number of amides is 2. The molecule has 2 amide bonds. The van der Waals surface area contributed by atoms with E-state index in [0.717, 1.165) is 22.9 Å². The van der Waals surface area contributed by atoms with Crippen molar-refractivity contribution in [2.75, 3.05) is 13.1 Å². The topological polar surface area (TPSA) is 58.6 Å². The van der Waals surface area contributed by atoms with Crippen LogP contribution < -0.4 is 5.32 Å². The van der Waals surface area contributed by atoms with E-state index in [1.807, 2.05) is 45.0 Å². The van der Waals surface area contributed by atoms with E-state index in [0.29, 0.717) is 13.1 Å². The van der Waals surface area contributed by atoms with Crippen molar-refractivity contribution in [2.24, 2.45) is 0 Å². The molecule has 0 spiro atoms. The number of piperidine rings is 1. The van der Waals surface area contributed by atoms with Crippen LogP contribution in [0.25, 0.3) is 6.08 Å². The van der Waals surface area contributed by atoms with Crippen molar-refractivity contribution < 1.29 is 14.3 Å². The van der Waals surface area contributed by atoms with Gasteiger partial charge in [-0.2, -0.15) is 0 Å². The number of rotatable bonds is 3. The van der Waals surface area contributed by atoms with Crippen LogP contribution in [-0.4, -0.2) is 41.6 Å². The van der Waals surface area contributed by atoms with Gasteiger partial charge < -0.3 is 15.0 Å². The standard InChI is InChI=1S/C19H25BrN2O3/c1-19(2,3)25-18(24)22-12-10-15(11-13-22)21-17(23)9-8-14-6-4-5-7-16(14)20/h4-9,15H,10-13H2,1-3H3,(H,21,23)/b9-8+. The lowest BCUT2D eigenvalue weighted by molar-refractivity contribution is -0.117. The highest BCUT2D eigenvalue weighted by molar-refractivity contribution is 9.10. The minimum absolute atomic E-state index is 0.0788. The molecule has 1 heterocycles. The van der Waals surface area contributed by atoms with Crippen molar-refractivity contribution in [3.8, 4) is 0 Å². The summed E-state index contributed by atoms with van der Waals surface area (Å²) in [5.41, 5.74) is 0.468. The summed E-state index contributed by atoms with van der Waals surface area (Å²) in [4.78, 5) is 25.8. The summed E-state index contributed by atoms with van der Waals surface area (Å²) in [5, 5.41) is 3.00. The third-order valence-corrected chi connectivity index (χ3v) is 4.53. The molecule has 1 N–H and O–H groups in total. The zero-order valence-electron chi connectivity index (χ0n) is 14.9. The number of likely N-dealkylation sites (tertiary alicyclic amines) is 1. The Balaban J connectivity index is 1.79. The average molecular weight is 409 g/mol. The molecule has 2 rings (SSSR count). The van der Waals surface area contributed by atoms with Crippen molar-refractivity contribution in [1.82, 2.24) is 10.2 Å². The number of ether oxygens (including phenoxy) is 1. The number of nitrogens with zero attached hydrogens (tertiary/aromatic N) is 1. The van der Waals surface area contributed by atoms with Gasteiger partial charge in [-0.05, 0) is 51.3 Å². The Morgan fingerprint density at radius 3 is 2.48 bits per heavy atom. The van der Waals surface area contributed by atoms with Gasteiger partial charge in [-0.15, -0.1) is 0 Å². The Morgan fingerprint density at radius 1 is 1.24 bits per heavy atom. The van der Waals surface area contributed by atoms with Gasteiger partial charge in [0, 0.05) is 29.7 Å². The molecule has 136 valence electrons. The van der Waals surface area contributed by atoms with Crippen LogP contribution >= 0.6 is 15.9 Å². The molecule has 1 aliphatic heterocycles. The Morgan fingerprint density at radius 2 is 1.88 bits per heavy atom. The Bertz CT molecular complexity index is 644. The smallest absolute Gasteiger partial charge is 0.410 e. The molecule has 5 nitrogen and oxygen atoms in total. The molecular formula is C19H25BrN2O3. The number of carbonyl (C=O) groups is 2. The molecule has 0 aliphatic carbocycles. The van der Waals surface area contributed by atoms with Crippen molar-refractivity contribution in [1.29, 1.82) is 0 Å². The zero-order valence-corrected chi connectivity index (χ0v) is 16.5. The summed E-state index contributed by atoms with van der Waals surface area (Å²) in [6.45, 7) is 6.75. The molecule has 1 fully saturated rings. The van der Waals surface area contributed by atoms with Gasteiger partial charge in [0.25, 0.3) is 0 Å². The molecule has 0 bridgehead atoms. The summed E-state index contributed by atoms with van der Waals surface area (Å²) in [5.74, 6) is -0.119. The molecule has 0 aromatic heterocycles. The fourth-order valence-corrected chi connectivity index (χ4v) is 2.97. The number of carbonyl (C=O) groups excluding carboxylic acids is 2. The highest BCUT2D eigenvalue weighted by Crippen LogP contribution is 2.18. The van der Waals surface area contributed by atoms with Crippen LogP contribution in [0.3, 0.4) is 0 Å². The maximum atomic E-state index is 12.1. The van der Waals surface area contributed by atoms with Crippen LogP contribution in [0, 0.1) is 0 Å². The minimum Gasteiger partial charge on any atom is -0.444 e. The molecule has 1 aromatic rings. The second kappa shape index (κ2) is 8.52. The fraction of sp³-hybridized carbons (Fsp3) is 0.474. The van der Waals surface area contributed by atoms with Crippen molar-refractivity contribution in [3.05, 3.63) is 40.4 Å². The predicted molar refractivity (Wildman–Crippen MR) is 102 cm³/mol. The first-order chi connectivity index (χ1) is 11.7.